The van der Waals surface area contributed by atoms with Crippen molar-refractivity contribution < 1.29 is 8.91 Å². The Kier molecular flexibility index (Phi) is 3.47. The highest BCUT2D eigenvalue weighted by Gasteiger charge is 2.14. The number of nitrogens with two attached hydrogens (primary N) is 1. The highest BCUT2D eigenvalue weighted by molar-refractivity contribution is 9.10. The van der Waals surface area contributed by atoms with Gasteiger partial charge in [-0.15, -0.1) is 0 Å². The fraction of sp³-hybridized carbons (Fsp3) is 0.0667. The second kappa shape index (κ2) is 5.29. The van der Waals surface area contributed by atoms with Crippen LogP contribution in [-0.4, -0.2) is 10.1 Å². The van der Waals surface area contributed by atoms with Crippen molar-refractivity contribution in [1.29, 1.82) is 0 Å². The fourth-order valence-corrected chi connectivity index (χ4v) is 2.57. The first-order valence-electron chi connectivity index (χ1n) is 6.20. The number of nitrogen functional groups attached to an aromatic ring is 1. The summed E-state index contributed by atoms with van der Waals surface area (Å²) in [4.78, 5) is 4.36. The quantitative estimate of drug-likeness (QED) is 0.705. The van der Waals surface area contributed by atoms with Crippen molar-refractivity contribution in [2.75, 3.05) is 5.73 Å². The van der Waals surface area contributed by atoms with E-state index in [0.29, 0.717) is 27.4 Å². The molecule has 0 atom stereocenters. The number of hydrogen-bond donors (Lipinski definition) is 1. The summed E-state index contributed by atoms with van der Waals surface area (Å²) in [7, 11) is 0. The molecule has 4 nitrogen and oxygen atoms in total. The number of hydrogen-bond acceptors (Lipinski definition) is 4. The number of halogens is 2. The minimum Gasteiger partial charge on any atom is -0.399 e. The fourth-order valence-electron chi connectivity index (χ4n) is 2.04. The number of aromatic nitrogens is 2. The summed E-state index contributed by atoms with van der Waals surface area (Å²) in [6, 6.07) is 9.77. The molecular weight excluding hydrogens is 337 g/mol. The highest BCUT2D eigenvalue weighted by atomic mass is 79.9. The van der Waals surface area contributed by atoms with E-state index in [0.717, 1.165) is 11.1 Å². The van der Waals surface area contributed by atoms with Crippen molar-refractivity contribution in [2.45, 2.75) is 6.92 Å². The van der Waals surface area contributed by atoms with Gasteiger partial charge in [0.15, 0.2) is 0 Å². The van der Waals surface area contributed by atoms with Crippen molar-refractivity contribution in [2.24, 2.45) is 0 Å². The third-order valence-corrected chi connectivity index (χ3v) is 3.74. The van der Waals surface area contributed by atoms with E-state index in [2.05, 4.69) is 26.1 Å². The van der Waals surface area contributed by atoms with Crippen LogP contribution in [0.3, 0.4) is 0 Å². The topological polar surface area (TPSA) is 64.9 Å². The summed E-state index contributed by atoms with van der Waals surface area (Å²) >= 11 is 3.30. The van der Waals surface area contributed by atoms with Gasteiger partial charge in [0.2, 0.25) is 5.82 Å². The average molecular weight is 348 g/mol. The maximum Gasteiger partial charge on any atom is 0.258 e. The Labute approximate surface area is 128 Å². The van der Waals surface area contributed by atoms with Crippen molar-refractivity contribution >= 4 is 21.6 Å². The molecular formula is C15H11BrFN3O. The molecule has 0 aliphatic heterocycles. The van der Waals surface area contributed by atoms with Crippen molar-refractivity contribution in [3.63, 3.8) is 0 Å². The number of benzene rings is 2. The zero-order valence-electron chi connectivity index (χ0n) is 11.1. The van der Waals surface area contributed by atoms with Gasteiger partial charge in [0, 0.05) is 21.3 Å². The summed E-state index contributed by atoms with van der Waals surface area (Å²) in [6.07, 6.45) is 0. The minimum atomic E-state index is -0.330. The Hall–Kier alpha value is -2.21. The van der Waals surface area contributed by atoms with Gasteiger partial charge in [0.05, 0.1) is 0 Å². The predicted octanol–water partition coefficient (Wildman–Crippen LogP) is 4.20. The van der Waals surface area contributed by atoms with Gasteiger partial charge >= 0.3 is 0 Å². The van der Waals surface area contributed by atoms with Crippen LogP contribution >= 0.6 is 15.9 Å². The Morgan fingerprint density at radius 3 is 2.62 bits per heavy atom. The van der Waals surface area contributed by atoms with Gasteiger partial charge in [-0.2, -0.15) is 4.98 Å². The first-order valence-corrected chi connectivity index (χ1v) is 6.99. The lowest BCUT2D eigenvalue weighted by Crippen LogP contribution is -1.89. The maximum absolute atomic E-state index is 13.1. The van der Waals surface area contributed by atoms with Crippen molar-refractivity contribution in [3.05, 3.63) is 52.3 Å². The summed E-state index contributed by atoms with van der Waals surface area (Å²) in [5.41, 5.74) is 8.84. The van der Waals surface area contributed by atoms with E-state index >= 15 is 0 Å². The molecule has 0 radical (unpaired) electrons. The van der Waals surface area contributed by atoms with Gasteiger partial charge in [0.25, 0.3) is 5.89 Å². The van der Waals surface area contributed by atoms with Crippen molar-refractivity contribution in [1.82, 2.24) is 10.1 Å². The molecule has 1 aromatic heterocycles. The van der Waals surface area contributed by atoms with E-state index in [1.807, 2.05) is 19.1 Å². The lowest BCUT2D eigenvalue weighted by molar-refractivity contribution is 0.432. The molecule has 0 saturated carbocycles. The minimum absolute atomic E-state index is 0.330. The van der Waals surface area contributed by atoms with Gasteiger partial charge in [-0.05, 0) is 64.8 Å². The van der Waals surface area contributed by atoms with Gasteiger partial charge in [-0.25, -0.2) is 4.39 Å². The molecule has 3 rings (SSSR count). The number of aryl methyl sites for hydroxylation is 1. The molecule has 0 bridgehead atoms. The molecule has 0 fully saturated rings. The summed E-state index contributed by atoms with van der Waals surface area (Å²) in [6.45, 7) is 1.92. The smallest absolute Gasteiger partial charge is 0.258 e. The largest absolute Gasteiger partial charge is 0.399 e. The molecule has 106 valence electrons. The molecule has 0 amide bonds. The Balaban J connectivity index is 2.03. The number of rotatable bonds is 2. The van der Waals surface area contributed by atoms with E-state index in [9.17, 15) is 4.39 Å². The van der Waals surface area contributed by atoms with Crippen LogP contribution in [0.25, 0.3) is 22.8 Å². The van der Waals surface area contributed by atoms with Crippen LogP contribution in [0.15, 0.2) is 45.4 Å². The molecule has 2 aromatic carbocycles. The van der Waals surface area contributed by atoms with Crippen LogP contribution in [0.5, 0.6) is 0 Å². The third-order valence-electron chi connectivity index (χ3n) is 3.08. The summed E-state index contributed by atoms with van der Waals surface area (Å²) < 4.78 is 19.0. The predicted molar refractivity (Wildman–Crippen MR) is 82.0 cm³/mol. The Morgan fingerprint density at radius 1 is 1.14 bits per heavy atom. The van der Waals surface area contributed by atoms with Crippen molar-refractivity contribution in [3.8, 4) is 22.8 Å². The van der Waals surface area contributed by atoms with E-state index in [-0.39, 0.29) is 5.82 Å². The van der Waals surface area contributed by atoms with E-state index in [1.54, 1.807) is 12.1 Å². The lowest BCUT2D eigenvalue weighted by Gasteiger charge is -2.01. The Morgan fingerprint density at radius 2 is 1.90 bits per heavy atom. The third kappa shape index (κ3) is 2.67. The average Bonchev–Trinajstić information content (AvgIpc) is 2.87. The van der Waals surface area contributed by atoms with Crippen LogP contribution in [-0.2, 0) is 0 Å². The van der Waals surface area contributed by atoms with Crippen LogP contribution in [0.4, 0.5) is 10.1 Å². The SMILES string of the molecule is Cc1cc(N)ccc1-c1nc(-c2ccc(F)cc2Br)no1. The van der Waals surface area contributed by atoms with Crippen LogP contribution in [0, 0.1) is 12.7 Å². The first-order chi connectivity index (χ1) is 10.0. The molecule has 0 unspecified atom stereocenters. The molecule has 3 aromatic rings. The zero-order chi connectivity index (χ0) is 15.0. The molecule has 0 aliphatic carbocycles. The van der Waals surface area contributed by atoms with Gasteiger partial charge in [-0.3, -0.25) is 0 Å². The normalized spacial score (nSPS) is 10.8. The number of anilines is 1. The van der Waals surface area contributed by atoms with E-state index in [4.69, 9.17) is 10.3 Å². The highest BCUT2D eigenvalue weighted by Crippen LogP contribution is 2.30. The van der Waals surface area contributed by atoms with Gasteiger partial charge in [0.1, 0.15) is 5.82 Å². The molecule has 0 aliphatic rings. The lowest BCUT2D eigenvalue weighted by atomic mass is 10.1. The molecule has 0 saturated heterocycles. The maximum atomic E-state index is 13.1. The zero-order valence-corrected chi connectivity index (χ0v) is 12.7. The van der Waals surface area contributed by atoms with Gasteiger partial charge in [-0.1, -0.05) is 5.16 Å². The van der Waals surface area contributed by atoms with Crippen LogP contribution < -0.4 is 5.73 Å². The van der Waals surface area contributed by atoms with E-state index < -0.39 is 0 Å². The first kappa shape index (κ1) is 13.8. The molecule has 1 heterocycles. The molecule has 0 spiro atoms. The van der Waals surface area contributed by atoms with E-state index in [1.165, 1.54) is 12.1 Å². The Bertz CT molecular complexity index is 750. The monoisotopic (exact) mass is 347 g/mol. The van der Waals surface area contributed by atoms with Gasteiger partial charge < -0.3 is 10.3 Å². The standard InChI is InChI=1S/C15H11BrFN3O/c1-8-6-10(18)3-5-11(8)15-19-14(20-21-15)12-4-2-9(17)7-13(12)16/h2-7H,18H2,1H3. The molecule has 21 heavy (non-hydrogen) atoms. The molecule has 6 heteroatoms. The molecule has 2 N–H and O–H groups in total. The second-order valence-corrected chi connectivity index (χ2v) is 5.48. The van der Waals surface area contributed by atoms with Crippen LogP contribution in [0.1, 0.15) is 5.56 Å². The second-order valence-electron chi connectivity index (χ2n) is 4.62. The van der Waals surface area contributed by atoms with Crippen LogP contribution in [0.2, 0.25) is 0 Å². The summed E-state index contributed by atoms with van der Waals surface area (Å²) in [5.74, 6) is 0.468. The summed E-state index contributed by atoms with van der Waals surface area (Å²) in [5, 5.41) is 3.95. The number of nitrogens with zero attached hydrogens (tertiary/aromatic N) is 2.